The number of carbonyl (C=O) groups is 7. The summed E-state index contributed by atoms with van der Waals surface area (Å²) in [6.45, 7) is 8.65. The molecule has 0 aliphatic carbocycles. The molecule has 0 aliphatic heterocycles. The molecular weight excluding hydrogens is 608 g/mol. The second kappa shape index (κ2) is 18.8. The summed E-state index contributed by atoms with van der Waals surface area (Å²) in [5, 5.41) is 14.7. The molecule has 4 atom stereocenters. The molecule has 234 valence electrons. The van der Waals surface area contributed by atoms with E-state index in [-0.39, 0.29) is 12.3 Å². The molecule has 0 aromatic heterocycles. The van der Waals surface area contributed by atoms with E-state index in [0.29, 0.717) is 11.8 Å². The van der Waals surface area contributed by atoms with Crippen molar-refractivity contribution in [1.29, 1.82) is 0 Å². The highest BCUT2D eigenvalue weighted by Crippen LogP contribution is 2.10. The molecule has 16 heteroatoms. The lowest BCUT2D eigenvalue weighted by molar-refractivity contribution is -0.147. The number of hydrogen-bond acceptors (Lipinski definition) is 9. The number of esters is 1. The lowest BCUT2D eigenvalue weighted by atomic mass is 9.98. The zero-order valence-corrected chi connectivity index (χ0v) is 26.2. The van der Waals surface area contributed by atoms with Crippen LogP contribution in [0.25, 0.3) is 0 Å². The molecule has 0 saturated heterocycles. The second-order valence-electron chi connectivity index (χ2n) is 10.1. The van der Waals surface area contributed by atoms with E-state index in [1.807, 2.05) is 6.92 Å². The number of hydrogen-bond donors (Lipinski definition) is 6. The average Bonchev–Trinajstić information content (AvgIpc) is 2.89. The van der Waals surface area contributed by atoms with Gasteiger partial charge in [-0.3, -0.25) is 24.0 Å². The van der Waals surface area contributed by atoms with E-state index in [4.69, 9.17) is 9.47 Å². The number of rotatable bonds is 16. The Bertz CT molecular complexity index is 941. The first-order valence-corrected chi connectivity index (χ1v) is 14.2. The van der Waals surface area contributed by atoms with Gasteiger partial charge in [0.1, 0.15) is 23.7 Å². The van der Waals surface area contributed by atoms with E-state index in [0.717, 1.165) is 0 Å². The third-order valence-electron chi connectivity index (χ3n) is 5.46. The SMILES string of the molecule is CC[C@H](C)[C@H](NC(=O)[C@H](CCBr)NC(=O)CNC(=O)CNC(=O)CNC(=O)[C@H](C)NC(=O)OC(C)(C)C)C(=O)OC. The molecule has 41 heavy (non-hydrogen) atoms. The predicted molar refractivity (Wildman–Crippen MR) is 152 cm³/mol. The van der Waals surface area contributed by atoms with Crippen molar-refractivity contribution in [2.75, 3.05) is 32.1 Å². The summed E-state index contributed by atoms with van der Waals surface area (Å²) in [4.78, 5) is 85.0. The van der Waals surface area contributed by atoms with Crippen LogP contribution in [-0.4, -0.2) is 97.4 Å². The van der Waals surface area contributed by atoms with Crippen LogP contribution in [0, 0.1) is 5.92 Å². The highest BCUT2D eigenvalue weighted by Gasteiger charge is 2.30. The molecule has 0 unspecified atom stereocenters. The molecule has 0 fully saturated rings. The van der Waals surface area contributed by atoms with E-state index in [9.17, 15) is 33.6 Å². The molecule has 0 aromatic carbocycles. The lowest BCUT2D eigenvalue weighted by Crippen LogP contribution is -2.55. The van der Waals surface area contributed by atoms with Crippen LogP contribution in [0.4, 0.5) is 4.79 Å². The zero-order chi connectivity index (χ0) is 31.8. The van der Waals surface area contributed by atoms with Crippen molar-refractivity contribution in [3.05, 3.63) is 0 Å². The van der Waals surface area contributed by atoms with Crippen molar-refractivity contribution in [2.24, 2.45) is 5.92 Å². The highest BCUT2D eigenvalue weighted by molar-refractivity contribution is 9.09. The van der Waals surface area contributed by atoms with Gasteiger partial charge in [0.25, 0.3) is 0 Å². The summed E-state index contributed by atoms with van der Waals surface area (Å²) in [7, 11) is 1.22. The largest absolute Gasteiger partial charge is 0.467 e. The third kappa shape index (κ3) is 16.4. The molecule has 0 bridgehead atoms. The van der Waals surface area contributed by atoms with Crippen molar-refractivity contribution in [3.8, 4) is 0 Å². The van der Waals surface area contributed by atoms with Gasteiger partial charge in [0.15, 0.2) is 0 Å². The summed E-state index contributed by atoms with van der Waals surface area (Å²) in [5.74, 6) is -4.06. The van der Waals surface area contributed by atoms with Crippen LogP contribution >= 0.6 is 15.9 Å². The summed E-state index contributed by atoms with van der Waals surface area (Å²) in [6.07, 6.45) is 0.0311. The van der Waals surface area contributed by atoms with Gasteiger partial charge in [-0.15, -0.1) is 0 Å². The fraction of sp³-hybridized carbons (Fsp3) is 0.720. The number of amides is 6. The third-order valence-corrected chi connectivity index (χ3v) is 5.92. The van der Waals surface area contributed by atoms with E-state index < -0.39 is 85.0 Å². The Morgan fingerprint density at radius 3 is 1.80 bits per heavy atom. The second-order valence-corrected chi connectivity index (χ2v) is 10.9. The summed E-state index contributed by atoms with van der Waals surface area (Å²) < 4.78 is 9.81. The number of alkyl carbamates (subject to hydrolysis) is 1. The Morgan fingerprint density at radius 1 is 0.780 bits per heavy atom. The van der Waals surface area contributed by atoms with Gasteiger partial charge >= 0.3 is 12.1 Å². The van der Waals surface area contributed by atoms with Crippen LogP contribution < -0.4 is 31.9 Å². The van der Waals surface area contributed by atoms with E-state index >= 15 is 0 Å². The molecule has 0 heterocycles. The average molecular weight is 652 g/mol. The minimum atomic E-state index is -0.981. The van der Waals surface area contributed by atoms with Gasteiger partial charge in [-0.25, -0.2) is 9.59 Å². The van der Waals surface area contributed by atoms with Gasteiger partial charge in [-0.1, -0.05) is 36.2 Å². The number of carbonyl (C=O) groups excluding carboxylic acids is 7. The number of nitrogens with one attached hydrogen (secondary N) is 6. The van der Waals surface area contributed by atoms with Crippen LogP contribution in [0.1, 0.15) is 54.4 Å². The van der Waals surface area contributed by atoms with Crippen molar-refractivity contribution >= 4 is 57.5 Å². The molecule has 0 spiro atoms. The molecule has 0 rings (SSSR count). The summed E-state index contributed by atoms with van der Waals surface area (Å²) >= 11 is 3.22. The molecule has 0 saturated carbocycles. The maximum atomic E-state index is 12.7. The van der Waals surface area contributed by atoms with Crippen LogP contribution in [0.5, 0.6) is 0 Å². The van der Waals surface area contributed by atoms with Crippen LogP contribution in [0.15, 0.2) is 0 Å². The van der Waals surface area contributed by atoms with Crippen molar-refractivity contribution in [1.82, 2.24) is 31.9 Å². The Hall–Kier alpha value is -3.43. The van der Waals surface area contributed by atoms with Crippen LogP contribution in [0.3, 0.4) is 0 Å². The zero-order valence-electron chi connectivity index (χ0n) is 24.6. The minimum absolute atomic E-state index is 0.202. The first kappa shape index (κ1) is 37.6. The maximum absolute atomic E-state index is 12.7. The molecule has 6 N–H and O–H groups in total. The summed E-state index contributed by atoms with van der Waals surface area (Å²) in [5.41, 5.74) is -0.742. The number of alkyl halides is 1. The first-order valence-electron chi connectivity index (χ1n) is 13.1. The Morgan fingerprint density at radius 2 is 1.32 bits per heavy atom. The van der Waals surface area contributed by atoms with Gasteiger partial charge in [-0.05, 0) is 40.0 Å². The number of methoxy groups -OCH3 is 1. The highest BCUT2D eigenvalue weighted by atomic mass is 79.9. The first-order chi connectivity index (χ1) is 19.0. The molecule has 15 nitrogen and oxygen atoms in total. The van der Waals surface area contributed by atoms with Crippen LogP contribution in [0.2, 0.25) is 0 Å². The topological polar surface area (TPSA) is 210 Å². The van der Waals surface area contributed by atoms with Gasteiger partial charge < -0.3 is 41.4 Å². The fourth-order valence-electron chi connectivity index (χ4n) is 3.03. The van der Waals surface area contributed by atoms with Gasteiger partial charge in [0.2, 0.25) is 29.5 Å². The predicted octanol–water partition coefficient (Wildman–Crippen LogP) is -0.778. The molecular formula is C25H43BrN6O9. The van der Waals surface area contributed by atoms with Crippen LogP contribution in [-0.2, 0) is 38.2 Å². The number of ether oxygens (including phenoxy) is 2. The molecule has 6 amide bonds. The van der Waals surface area contributed by atoms with E-state index in [2.05, 4.69) is 47.8 Å². The van der Waals surface area contributed by atoms with Gasteiger partial charge in [-0.2, -0.15) is 0 Å². The standard InChI is InChI=1S/C25H43BrN6O9/c1-8-14(2)20(23(38)40-7)32-22(37)16(9-10-26)31-19(35)13-28-17(33)11-27-18(34)12-29-21(36)15(3)30-24(39)41-25(4,5)6/h14-16,20H,8-13H2,1-7H3,(H,27,34)(H,28,33)(H,29,36)(H,30,39)(H,31,35)(H,32,37)/t14-,15-,16-,20-/m0/s1. The van der Waals surface area contributed by atoms with Gasteiger partial charge in [0, 0.05) is 5.33 Å². The maximum Gasteiger partial charge on any atom is 0.408 e. The molecule has 0 radical (unpaired) electrons. The monoisotopic (exact) mass is 650 g/mol. The Balaban J connectivity index is 4.60. The summed E-state index contributed by atoms with van der Waals surface area (Å²) in [6, 6.07) is -2.84. The normalized spacial score (nSPS) is 13.8. The quantitative estimate of drug-likeness (QED) is 0.0912. The fourth-order valence-corrected chi connectivity index (χ4v) is 3.48. The lowest BCUT2D eigenvalue weighted by Gasteiger charge is -2.25. The van der Waals surface area contributed by atoms with Crippen molar-refractivity contribution in [3.63, 3.8) is 0 Å². The molecule has 0 aliphatic rings. The van der Waals surface area contributed by atoms with Crippen molar-refractivity contribution in [2.45, 2.75) is 78.1 Å². The van der Waals surface area contributed by atoms with E-state index in [1.165, 1.54) is 14.0 Å². The van der Waals surface area contributed by atoms with E-state index in [1.54, 1.807) is 27.7 Å². The number of halogens is 1. The smallest absolute Gasteiger partial charge is 0.408 e. The Kier molecular flexibility index (Phi) is 17.3. The molecule has 0 aromatic rings. The van der Waals surface area contributed by atoms with Crippen molar-refractivity contribution < 1.29 is 43.0 Å². The minimum Gasteiger partial charge on any atom is -0.467 e. The Labute approximate surface area is 248 Å². The van der Waals surface area contributed by atoms with Gasteiger partial charge in [0.05, 0.1) is 26.7 Å².